The van der Waals surface area contributed by atoms with Crippen molar-refractivity contribution in [3.8, 4) is 5.75 Å². The minimum absolute atomic E-state index is 0.0321. The summed E-state index contributed by atoms with van der Waals surface area (Å²) < 4.78 is 19.3. The number of para-hydroxylation sites is 2. The fourth-order valence-corrected chi connectivity index (χ4v) is 1.95. The van der Waals surface area contributed by atoms with Gasteiger partial charge in [-0.05, 0) is 44.2 Å². The molecule has 0 saturated carbocycles. The summed E-state index contributed by atoms with van der Waals surface area (Å²) in [7, 11) is 0. The van der Waals surface area contributed by atoms with E-state index in [4.69, 9.17) is 16.3 Å². The molecule has 0 atom stereocenters. The van der Waals surface area contributed by atoms with Crippen LogP contribution in [0, 0.1) is 5.82 Å². The molecule has 2 aromatic rings. The van der Waals surface area contributed by atoms with Crippen LogP contribution in [0.2, 0.25) is 5.02 Å². The van der Waals surface area contributed by atoms with E-state index in [-0.39, 0.29) is 16.7 Å². The summed E-state index contributed by atoms with van der Waals surface area (Å²) in [5.74, 6) is -0.679. The van der Waals surface area contributed by atoms with Gasteiger partial charge in [0.05, 0.1) is 17.4 Å². The van der Waals surface area contributed by atoms with Crippen LogP contribution in [-0.2, 0) is 0 Å². The number of halogens is 2. The Morgan fingerprint density at radius 2 is 1.95 bits per heavy atom. The molecule has 1 amide bonds. The van der Waals surface area contributed by atoms with Gasteiger partial charge in [0.1, 0.15) is 11.6 Å². The Labute approximate surface area is 127 Å². The van der Waals surface area contributed by atoms with Crippen molar-refractivity contribution in [2.75, 3.05) is 5.32 Å². The monoisotopic (exact) mass is 307 g/mol. The van der Waals surface area contributed by atoms with Crippen molar-refractivity contribution in [1.82, 2.24) is 0 Å². The van der Waals surface area contributed by atoms with Gasteiger partial charge in [-0.15, -0.1) is 0 Å². The molecular weight excluding hydrogens is 293 g/mol. The number of hydrogen-bond donors (Lipinski definition) is 1. The maximum Gasteiger partial charge on any atom is 0.258 e. The Morgan fingerprint density at radius 1 is 1.24 bits per heavy atom. The van der Waals surface area contributed by atoms with Crippen LogP contribution in [0.25, 0.3) is 0 Å². The van der Waals surface area contributed by atoms with Crippen LogP contribution in [0.1, 0.15) is 24.2 Å². The zero-order chi connectivity index (χ0) is 15.4. The third-order valence-corrected chi connectivity index (χ3v) is 2.91. The van der Waals surface area contributed by atoms with E-state index in [1.165, 1.54) is 12.1 Å². The third kappa shape index (κ3) is 3.95. The molecular formula is C16H15ClFNO2. The molecule has 0 bridgehead atoms. The van der Waals surface area contributed by atoms with E-state index in [2.05, 4.69) is 5.32 Å². The molecule has 21 heavy (non-hydrogen) atoms. The highest BCUT2D eigenvalue weighted by atomic mass is 35.5. The zero-order valence-corrected chi connectivity index (χ0v) is 12.4. The summed E-state index contributed by atoms with van der Waals surface area (Å²) in [5.41, 5.74) is 0.421. The molecule has 0 radical (unpaired) electrons. The SMILES string of the molecule is CC(C)Oc1ccccc1NC(=O)c1ccc(Cl)cc1F. The molecule has 0 aromatic heterocycles. The average molecular weight is 308 g/mol. The quantitative estimate of drug-likeness (QED) is 0.902. The van der Waals surface area contributed by atoms with Gasteiger partial charge in [0, 0.05) is 5.02 Å². The highest BCUT2D eigenvalue weighted by molar-refractivity contribution is 6.30. The number of carbonyl (C=O) groups excluding carboxylic acids is 1. The van der Waals surface area contributed by atoms with Crippen LogP contribution in [0.3, 0.4) is 0 Å². The summed E-state index contributed by atoms with van der Waals surface area (Å²) in [6.45, 7) is 3.77. The fourth-order valence-electron chi connectivity index (χ4n) is 1.79. The molecule has 0 aliphatic carbocycles. The number of carbonyl (C=O) groups is 1. The number of amides is 1. The molecule has 0 unspecified atom stereocenters. The van der Waals surface area contributed by atoms with Gasteiger partial charge in [-0.2, -0.15) is 0 Å². The topological polar surface area (TPSA) is 38.3 Å². The van der Waals surface area contributed by atoms with Gasteiger partial charge >= 0.3 is 0 Å². The predicted octanol–water partition coefficient (Wildman–Crippen LogP) is 4.52. The minimum atomic E-state index is -0.665. The lowest BCUT2D eigenvalue weighted by molar-refractivity contribution is 0.102. The lowest BCUT2D eigenvalue weighted by Crippen LogP contribution is -2.15. The number of hydrogen-bond acceptors (Lipinski definition) is 2. The maximum atomic E-state index is 13.7. The van der Waals surface area contributed by atoms with Gasteiger partial charge in [-0.1, -0.05) is 23.7 Å². The lowest BCUT2D eigenvalue weighted by atomic mass is 10.2. The molecule has 2 aromatic carbocycles. The standard InChI is InChI=1S/C16H15ClFNO2/c1-10(2)21-15-6-4-3-5-14(15)19-16(20)12-8-7-11(17)9-13(12)18/h3-10H,1-2H3,(H,19,20). The Balaban J connectivity index is 2.23. The molecule has 0 saturated heterocycles. The summed E-state index contributed by atoms with van der Waals surface area (Å²) in [6.07, 6.45) is -0.0321. The molecule has 2 rings (SSSR count). The summed E-state index contributed by atoms with van der Waals surface area (Å²) >= 11 is 5.67. The lowest BCUT2D eigenvalue weighted by Gasteiger charge is -2.15. The van der Waals surface area contributed by atoms with E-state index in [1.807, 2.05) is 13.8 Å². The van der Waals surface area contributed by atoms with Crippen LogP contribution >= 0.6 is 11.6 Å². The Bertz CT molecular complexity index is 658. The van der Waals surface area contributed by atoms with Crippen LogP contribution in [-0.4, -0.2) is 12.0 Å². The van der Waals surface area contributed by atoms with Crippen molar-refractivity contribution in [3.63, 3.8) is 0 Å². The molecule has 0 fully saturated rings. The number of ether oxygens (including phenoxy) is 1. The summed E-state index contributed by atoms with van der Waals surface area (Å²) in [5, 5.41) is 2.89. The van der Waals surface area contributed by atoms with Crippen molar-refractivity contribution in [1.29, 1.82) is 0 Å². The van der Waals surface area contributed by atoms with Gasteiger partial charge in [-0.3, -0.25) is 4.79 Å². The van der Waals surface area contributed by atoms with Gasteiger partial charge in [0.15, 0.2) is 0 Å². The van der Waals surface area contributed by atoms with E-state index < -0.39 is 11.7 Å². The number of benzene rings is 2. The predicted molar refractivity (Wildman–Crippen MR) is 81.6 cm³/mol. The molecule has 0 spiro atoms. The normalized spacial score (nSPS) is 10.5. The molecule has 3 nitrogen and oxygen atoms in total. The molecule has 0 aliphatic rings. The van der Waals surface area contributed by atoms with E-state index in [0.717, 1.165) is 6.07 Å². The maximum absolute atomic E-state index is 13.7. The highest BCUT2D eigenvalue weighted by Gasteiger charge is 2.14. The second-order valence-corrected chi connectivity index (χ2v) is 5.18. The Morgan fingerprint density at radius 3 is 2.62 bits per heavy atom. The van der Waals surface area contributed by atoms with Gasteiger partial charge in [0.2, 0.25) is 0 Å². The van der Waals surface area contributed by atoms with Crippen LogP contribution in [0.15, 0.2) is 42.5 Å². The van der Waals surface area contributed by atoms with Gasteiger partial charge in [-0.25, -0.2) is 4.39 Å². The van der Waals surface area contributed by atoms with Crippen LogP contribution in [0.5, 0.6) is 5.75 Å². The molecule has 5 heteroatoms. The number of rotatable bonds is 4. The van der Waals surface area contributed by atoms with E-state index in [0.29, 0.717) is 11.4 Å². The largest absolute Gasteiger partial charge is 0.489 e. The van der Waals surface area contributed by atoms with Crippen LogP contribution < -0.4 is 10.1 Å². The second-order valence-electron chi connectivity index (χ2n) is 4.74. The Kier molecular flexibility index (Phi) is 4.81. The first-order valence-corrected chi connectivity index (χ1v) is 6.87. The van der Waals surface area contributed by atoms with Crippen molar-refractivity contribution in [2.24, 2.45) is 0 Å². The third-order valence-electron chi connectivity index (χ3n) is 2.67. The van der Waals surface area contributed by atoms with Gasteiger partial charge in [0.25, 0.3) is 5.91 Å². The zero-order valence-electron chi connectivity index (χ0n) is 11.7. The number of anilines is 1. The van der Waals surface area contributed by atoms with E-state index in [9.17, 15) is 9.18 Å². The van der Waals surface area contributed by atoms with Crippen LogP contribution in [0.4, 0.5) is 10.1 Å². The summed E-state index contributed by atoms with van der Waals surface area (Å²) in [4.78, 5) is 12.1. The first-order chi connectivity index (χ1) is 9.97. The summed E-state index contributed by atoms with van der Waals surface area (Å²) in [6, 6.07) is 10.9. The average Bonchev–Trinajstić information content (AvgIpc) is 2.40. The van der Waals surface area contributed by atoms with Gasteiger partial charge < -0.3 is 10.1 Å². The van der Waals surface area contributed by atoms with Crippen molar-refractivity contribution in [3.05, 3.63) is 58.9 Å². The number of nitrogens with one attached hydrogen (secondary N) is 1. The first-order valence-electron chi connectivity index (χ1n) is 6.49. The van der Waals surface area contributed by atoms with Crippen molar-refractivity contribution < 1.29 is 13.9 Å². The first kappa shape index (κ1) is 15.3. The molecule has 0 aliphatic heterocycles. The van der Waals surface area contributed by atoms with E-state index in [1.54, 1.807) is 24.3 Å². The molecule has 0 heterocycles. The molecule has 1 N–H and O–H groups in total. The second kappa shape index (κ2) is 6.59. The minimum Gasteiger partial charge on any atom is -0.489 e. The fraction of sp³-hybridized carbons (Fsp3) is 0.188. The Hall–Kier alpha value is -2.07. The van der Waals surface area contributed by atoms with Crippen molar-refractivity contribution in [2.45, 2.75) is 20.0 Å². The smallest absolute Gasteiger partial charge is 0.258 e. The van der Waals surface area contributed by atoms with E-state index >= 15 is 0 Å². The van der Waals surface area contributed by atoms with Crippen molar-refractivity contribution >= 4 is 23.2 Å². The highest BCUT2D eigenvalue weighted by Crippen LogP contribution is 2.26. The molecule has 110 valence electrons.